The van der Waals surface area contributed by atoms with Crippen molar-refractivity contribution < 1.29 is 9.47 Å². The minimum Gasteiger partial charge on any atom is -0.494 e. The molecule has 2 rings (SSSR count). The molecule has 0 amide bonds. The number of ether oxygens (including phenoxy) is 2. The summed E-state index contributed by atoms with van der Waals surface area (Å²) in [5.41, 5.74) is 0.873. The number of benzene rings is 1. The predicted octanol–water partition coefficient (Wildman–Crippen LogP) is 3.44. The smallest absolute Gasteiger partial charge is 0.289 e. The standard InChI is InChI=1S/C15H22N2O2/c1-5-18-13-8-6-12(7-9-13)16-14-17-15(3,4)10-11(2)19-14/h6-9,11H,5,10H2,1-4H3,(H,16,17). The van der Waals surface area contributed by atoms with E-state index >= 15 is 0 Å². The van der Waals surface area contributed by atoms with Crippen molar-refractivity contribution in [3.05, 3.63) is 24.3 Å². The lowest BCUT2D eigenvalue weighted by molar-refractivity contribution is 0.144. The molecule has 1 N–H and O–H groups in total. The highest BCUT2D eigenvalue weighted by Gasteiger charge is 2.28. The molecule has 1 aromatic carbocycles. The fourth-order valence-electron chi connectivity index (χ4n) is 2.26. The Morgan fingerprint density at radius 1 is 1.37 bits per heavy atom. The van der Waals surface area contributed by atoms with Crippen molar-refractivity contribution in [1.82, 2.24) is 0 Å². The van der Waals surface area contributed by atoms with Gasteiger partial charge in [0.2, 0.25) is 0 Å². The lowest BCUT2D eigenvalue weighted by atomic mass is 9.97. The van der Waals surface area contributed by atoms with Crippen molar-refractivity contribution >= 4 is 11.7 Å². The van der Waals surface area contributed by atoms with Gasteiger partial charge in [-0.2, -0.15) is 0 Å². The first-order valence-electron chi connectivity index (χ1n) is 6.75. The van der Waals surface area contributed by atoms with Crippen molar-refractivity contribution in [2.75, 3.05) is 11.9 Å². The number of amidine groups is 1. The summed E-state index contributed by atoms with van der Waals surface area (Å²) in [6.07, 6.45) is 1.11. The molecule has 4 heteroatoms. The molecule has 0 spiro atoms. The van der Waals surface area contributed by atoms with E-state index in [1.807, 2.05) is 31.2 Å². The summed E-state index contributed by atoms with van der Waals surface area (Å²) in [6, 6.07) is 8.38. The zero-order chi connectivity index (χ0) is 13.9. The van der Waals surface area contributed by atoms with Crippen LogP contribution in [-0.2, 0) is 4.74 Å². The molecule has 0 bridgehead atoms. The summed E-state index contributed by atoms with van der Waals surface area (Å²) in [5.74, 6) is 0.869. The first kappa shape index (κ1) is 13.7. The lowest BCUT2D eigenvalue weighted by Gasteiger charge is -2.31. The molecule has 1 heterocycles. The Balaban J connectivity index is 2.06. The highest BCUT2D eigenvalue weighted by Crippen LogP contribution is 2.24. The number of anilines is 1. The van der Waals surface area contributed by atoms with E-state index in [9.17, 15) is 0 Å². The zero-order valence-electron chi connectivity index (χ0n) is 12.1. The molecule has 19 heavy (non-hydrogen) atoms. The largest absolute Gasteiger partial charge is 0.494 e. The van der Waals surface area contributed by atoms with Gasteiger partial charge in [-0.3, -0.25) is 0 Å². The molecule has 0 radical (unpaired) electrons. The number of hydrogen-bond donors (Lipinski definition) is 1. The van der Waals surface area contributed by atoms with Gasteiger partial charge in [0.25, 0.3) is 6.02 Å². The van der Waals surface area contributed by atoms with Crippen LogP contribution in [-0.4, -0.2) is 24.3 Å². The Labute approximate surface area is 114 Å². The Morgan fingerprint density at radius 2 is 2.05 bits per heavy atom. The third kappa shape index (κ3) is 3.88. The summed E-state index contributed by atoms with van der Waals surface area (Å²) in [6.45, 7) is 8.95. The summed E-state index contributed by atoms with van der Waals surface area (Å²) < 4.78 is 11.1. The minimum atomic E-state index is -0.0781. The van der Waals surface area contributed by atoms with E-state index in [1.165, 1.54) is 0 Å². The molecule has 1 aromatic rings. The van der Waals surface area contributed by atoms with E-state index in [4.69, 9.17) is 9.47 Å². The molecule has 0 fully saturated rings. The molecule has 0 saturated heterocycles. The second-order valence-electron chi connectivity index (χ2n) is 5.44. The number of hydrogen-bond acceptors (Lipinski definition) is 4. The van der Waals surface area contributed by atoms with Crippen LogP contribution >= 0.6 is 0 Å². The third-order valence-corrected chi connectivity index (χ3v) is 2.92. The minimum absolute atomic E-state index is 0.0781. The van der Waals surface area contributed by atoms with Gasteiger partial charge in [-0.05, 0) is 52.0 Å². The Morgan fingerprint density at radius 3 is 2.63 bits per heavy atom. The van der Waals surface area contributed by atoms with Crippen molar-refractivity contribution in [3.63, 3.8) is 0 Å². The summed E-state index contributed by atoms with van der Waals surface area (Å²) in [7, 11) is 0. The molecule has 1 aliphatic heterocycles. The van der Waals surface area contributed by atoms with Gasteiger partial charge in [-0.15, -0.1) is 0 Å². The van der Waals surface area contributed by atoms with Crippen molar-refractivity contribution in [2.24, 2.45) is 4.99 Å². The number of aliphatic imine (C=N–C) groups is 1. The normalized spacial score (nSPS) is 21.3. The fraction of sp³-hybridized carbons (Fsp3) is 0.533. The maximum atomic E-state index is 5.71. The van der Waals surface area contributed by atoms with Crippen LogP contribution in [0.1, 0.15) is 34.1 Å². The van der Waals surface area contributed by atoms with Gasteiger partial charge in [-0.25, -0.2) is 4.99 Å². The van der Waals surface area contributed by atoms with Crippen LogP contribution in [0.25, 0.3) is 0 Å². The van der Waals surface area contributed by atoms with Crippen LogP contribution in [0.15, 0.2) is 29.3 Å². The highest BCUT2D eigenvalue weighted by atomic mass is 16.5. The van der Waals surface area contributed by atoms with Crippen LogP contribution in [0.2, 0.25) is 0 Å². The zero-order valence-corrected chi connectivity index (χ0v) is 12.1. The lowest BCUT2D eigenvalue weighted by Crippen LogP contribution is -2.36. The van der Waals surface area contributed by atoms with Crippen LogP contribution in [0, 0.1) is 0 Å². The first-order chi connectivity index (χ1) is 8.98. The summed E-state index contributed by atoms with van der Waals surface area (Å²) in [4.78, 5) is 4.57. The van der Waals surface area contributed by atoms with E-state index in [2.05, 4.69) is 31.1 Å². The molecule has 0 aliphatic carbocycles. The molecular weight excluding hydrogens is 240 g/mol. The Hall–Kier alpha value is -1.71. The van der Waals surface area contributed by atoms with Crippen molar-refractivity contribution in [1.29, 1.82) is 0 Å². The van der Waals surface area contributed by atoms with Crippen LogP contribution in [0.5, 0.6) is 5.75 Å². The van der Waals surface area contributed by atoms with E-state index < -0.39 is 0 Å². The number of nitrogens with one attached hydrogen (secondary N) is 1. The van der Waals surface area contributed by atoms with Gasteiger partial charge in [0.05, 0.1) is 12.1 Å². The Kier molecular flexibility index (Phi) is 3.98. The van der Waals surface area contributed by atoms with Crippen molar-refractivity contribution in [2.45, 2.75) is 45.8 Å². The Bertz CT molecular complexity index is 452. The maximum absolute atomic E-state index is 5.71. The van der Waals surface area contributed by atoms with Crippen molar-refractivity contribution in [3.8, 4) is 5.75 Å². The number of rotatable bonds is 3. The average molecular weight is 262 g/mol. The van der Waals surface area contributed by atoms with Gasteiger partial charge < -0.3 is 14.8 Å². The second kappa shape index (κ2) is 5.51. The average Bonchev–Trinajstić information content (AvgIpc) is 2.29. The molecule has 1 aliphatic rings. The molecule has 104 valence electrons. The van der Waals surface area contributed by atoms with Gasteiger partial charge >= 0.3 is 0 Å². The topological polar surface area (TPSA) is 42.8 Å². The van der Waals surface area contributed by atoms with Gasteiger partial charge in [-0.1, -0.05) is 0 Å². The third-order valence-electron chi connectivity index (χ3n) is 2.92. The van der Waals surface area contributed by atoms with Gasteiger partial charge in [0.1, 0.15) is 11.9 Å². The summed E-state index contributed by atoms with van der Waals surface area (Å²) in [5, 5.41) is 3.21. The second-order valence-corrected chi connectivity index (χ2v) is 5.44. The van der Waals surface area contributed by atoms with E-state index in [-0.39, 0.29) is 11.6 Å². The maximum Gasteiger partial charge on any atom is 0.289 e. The van der Waals surface area contributed by atoms with Gasteiger partial charge in [0, 0.05) is 12.1 Å². The number of nitrogens with zero attached hydrogens (tertiary/aromatic N) is 1. The summed E-state index contributed by atoms with van der Waals surface area (Å²) >= 11 is 0. The van der Waals surface area contributed by atoms with Crippen LogP contribution in [0.3, 0.4) is 0 Å². The fourth-order valence-corrected chi connectivity index (χ4v) is 2.26. The molecule has 1 unspecified atom stereocenters. The van der Waals surface area contributed by atoms with Gasteiger partial charge in [0.15, 0.2) is 0 Å². The van der Waals surface area contributed by atoms with E-state index in [0.29, 0.717) is 12.6 Å². The molecule has 4 nitrogen and oxygen atoms in total. The monoisotopic (exact) mass is 262 g/mol. The first-order valence-corrected chi connectivity index (χ1v) is 6.75. The molecule has 0 aromatic heterocycles. The molecule has 0 saturated carbocycles. The van der Waals surface area contributed by atoms with Crippen LogP contribution < -0.4 is 10.1 Å². The van der Waals surface area contributed by atoms with Crippen LogP contribution in [0.4, 0.5) is 5.69 Å². The predicted molar refractivity (Wildman–Crippen MR) is 77.9 cm³/mol. The molecule has 1 atom stereocenters. The SMILES string of the molecule is CCOc1ccc(NC2=NC(C)(C)CC(C)O2)cc1. The quantitative estimate of drug-likeness (QED) is 0.907. The highest BCUT2D eigenvalue weighted by molar-refractivity contribution is 5.89. The molecular formula is C15H22N2O2. The van der Waals surface area contributed by atoms with E-state index in [0.717, 1.165) is 17.9 Å². The van der Waals surface area contributed by atoms with E-state index in [1.54, 1.807) is 0 Å².